The molecule has 6 heteroatoms. The van der Waals surface area contributed by atoms with Crippen molar-refractivity contribution in [3.8, 4) is 0 Å². The largest absolute Gasteiger partial charge is 0.385 e. The Bertz CT molecular complexity index is 687. The van der Waals surface area contributed by atoms with Gasteiger partial charge in [-0.05, 0) is 42.8 Å². The van der Waals surface area contributed by atoms with Crippen LogP contribution in [0.3, 0.4) is 0 Å². The molecule has 0 aliphatic heterocycles. The van der Waals surface area contributed by atoms with Gasteiger partial charge >= 0.3 is 0 Å². The van der Waals surface area contributed by atoms with Crippen LogP contribution in [0.15, 0.2) is 54.6 Å². The molecule has 0 unspecified atom stereocenters. The summed E-state index contributed by atoms with van der Waals surface area (Å²) in [5.41, 5.74) is 2.26. The minimum absolute atomic E-state index is 0.122. The highest BCUT2D eigenvalue weighted by Crippen LogP contribution is 2.10. The summed E-state index contributed by atoms with van der Waals surface area (Å²) < 4.78 is 4.94. The summed E-state index contributed by atoms with van der Waals surface area (Å²) in [6.07, 6.45) is 0.858. The summed E-state index contributed by atoms with van der Waals surface area (Å²) in [7, 11) is 1.65. The van der Waals surface area contributed by atoms with E-state index >= 15 is 0 Å². The Morgan fingerprint density at radius 3 is 2.42 bits per heavy atom. The number of hydrogen-bond acceptors (Lipinski definition) is 4. The van der Waals surface area contributed by atoms with E-state index in [0.717, 1.165) is 18.5 Å². The van der Waals surface area contributed by atoms with Gasteiger partial charge in [0.2, 0.25) is 5.91 Å². The van der Waals surface area contributed by atoms with E-state index in [0.29, 0.717) is 24.4 Å². The maximum absolute atomic E-state index is 12.2. The van der Waals surface area contributed by atoms with Gasteiger partial charge in [-0.15, -0.1) is 0 Å². The average Bonchev–Trinajstić information content (AvgIpc) is 2.67. The molecule has 0 saturated carbocycles. The Morgan fingerprint density at radius 1 is 1.00 bits per heavy atom. The van der Waals surface area contributed by atoms with Crippen LogP contribution in [0.4, 0.5) is 5.69 Å². The number of anilines is 1. The van der Waals surface area contributed by atoms with Crippen LogP contribution in [-0.2, 0) is 16.1 Å². The summed E-state index contributed by atoms with van der Waals surface area (Å²) in [5.74, 6) is -0.268. The molecule has 0 aliphatic carbocycles. The van der Waals surface area contributed by atoms with Gasteiger partial charge in [0.1, 0.15) is 0 Å². The highest BCUT2D eigenvalue weighted by molar-refractivity contribution is 5.96. The van der Waals surface area contributed by atoms with Crippen LogP contribution in [-0.4, -0.2) is 38.6 Å². The first-order valence-electron chi connectivity index (χ1n) is 8.60. The first-order chi connectivity index (χ1) is 12.7. The van der Waals surface area contributed by atoms with Crippen LogP contribution in [0.25, 0.3) is 0 Å². The van der Waals surface area contributed by atoms with Crippen molar-refractivity contribution in [2.75, 3.05) is 32.1 Å². The van der Waals surface area contributed by atoms with Gasteiger partial charge < -0.3 is 20.7 Å². The van der Waals surface area contributed by atoms with Crippen molar-refractivity contribution in [1.29, 1.82) is 0 Å². The molecule has 0 spiro atoms. The van der Waals surface area contributed by atoms with Crippen molar-refractivity contribution in [2.24, 2.45) is 0 Å². The predicted octanol–water partition coefficient (Wildman–Crippen LogP) is 2.18. The van der Waals surface area contributed by atoms with E-state index < -0.39 is 0 Å². The Morgan fingerprint density at radius 2 is 1.73 bits per heavy atom. The Balaban J connectivity index is 1.74. The lowest BCUT2D eigenvalue weighted by molar-refractivity contribution is -0.115. The number of amides is 2. The number of ether oxygens (including phenoxy) is 1. The zero-order valence-electron chi connectivity index (χ0n) is 15.0. The minimum atomic E-state index is -0.147. The second kappa shape index (κ2) is 11.0. The predicted molar refractivity (Wildman–Crippen MR) is 102 cm³/mol. The summed E-state index contributed by atoms with van der Waals surface area (Å²) in [6.45, 7) is 2.11. The number of rotatable bonds is 10. The molecule has 0 saturated heterocycles. The van der Waals surface area contributed by atoms with E-state index in [2.05, 4.69) is 16.0 Å². The van der Waals surface area contributed by atoms with Crippen LogP contribution < -0.4 is 16.0 Å². The van der Waals surface area contributed by atoms with Gasteiger partial charge in [-0.3, -0.25) is 9.59 Å². The average molecular weight is 355 g/mol. The van der Waals surface area contributed by atoms with Crippen LogP contribution in [0.1, 0.15) is 22.3 Å². The molecule has 3 N–H and O–H groups in total. The third kappa shape index (κ3) is 7.04. The summed E-state index contributed by atoms with van der Waals surface area (Å²) >= 11 is 0. The quantitative estimate of drug-likeness (QED) is 0.571. The molecule has 0 radical (unpaired) electrons. The lowest BCUT2D eigenvalue weighted by Crippen LogP contribution is -2.29. The molecule has 0 bridgehead atoms. The number of carbonyl (C=O) groups excluding carboxylic acids is 2. The van der Waals surface area contributed by atoms with Gasteiger partial charge in [0, 0.05) is 31.5 Å². The lowest BCUT2D eigenvalue weighted by Gasteiger charge is -2.08. The summed E-state index contributed by atoms with van der Waals surface area (Å²) in [4.78, 5) is 24.0. The van der Waals surface area contributed by atoms with Crippen molar-refractivity contribution in [2.45, 2.75) is 13.0 Å². The molecule has 0 heterocycles. The standard InChI is InChI=1S/C20H25N3O3/c1-26-13-5-12-21-15-19(24)23-18-10-8-17(9-11-18)20(25)22-14-16-6-3-2-4-7-16/h2-4,6-11,21H,5,12-15H2,1H3,(H,22,25)(H,23,24). The number of carbonyl (C=O) groups is 2. The highest BCUT2D eigenvalue weighted by atomic mass is 16.5. The molecule has 2 rings (SSSR count). The third-order valence-electron chi connectivity index (χ3n) is 3.71. The lowest BCUT2D eigenvalue weighted by atomic mass is 10.1. The number of methoxy groups -OCH3 is 1. The fourth-order valence-corrected chi connectivity index (χ4v) is 2.33. The molecule has 2 aromatic rings. The molecule has 2 aromatic carbocycles. The first-order valence-corrected chi connectivity index (χ1v) is 8.60. The maximum Gasteiger partial charge on any atom is 0.251 e. The summed E-state index contributed by atoms with van der Waals surface area (Å²) in [6, 6.07) is 16.6. The number of hydrogen-bond donors (Lipinski definition) is 3. The van der Waals surface area contributed by atoms with Crippen molar-refractivity contribution in [3.05, 3.63) is 65.7 Å². The number of nitrogens with one attached hydrogen (secondary N) is 3. The fraction of sp³-hybridized carbons (Fsp3) is 0.300. The van der Waals surface area contributed by atoms with Crippen LogP contribution >= 0.6 is 0 Å². The summed E-state index contributed by atoms with van der Waals surface area (Å²) in [5, 5.41) is 8.71. The molecular formula is C20H25N3O3. The van der Waals surface area contributed by atoms with E-state index in [1.807, 2.05) is 30.3 Å². The molecule has 2 amide bonds. The zero-order valence-corrected chi connectivity index (χ0v) is 15.0. The monoisotopic (exact) mass is 355 g/mol. The third-order valence-corrected chi connectivity index (χ3v) is 3.71. The van der Waals surface area contributed by atoms with Crippen molar-refractivity contribution < 1.29 is 14.3 Å². The second-order valence-electron chi connectivity index (χ2n) is 5.82. The van der Waals surface area contributed by atoms with E-state index in [1.54, 1.807) is 31.4 Å². The van der Waals surface area contributed by atoms with E-state index in [9.17, 15) is 9.59 Å². The first kappa shape index (κ1) is 19.6. The molecule has 0 aliphatic rings. The van der Waals surface area contributed by atoms with E-state index in [4.69, 9.17) is 4.74 Å². The van der Waals surface area contributed by atoms with Gasteiger partial charge in [-0.2, -0.15) is 0 Å². The molecular weight excluding hydrogens is 330 g/mol. The van der Waals surface area contributed by atoms with Crippen molar-refractivity contribution in [3.63, 3.8) is 0 Å². The normalized spacial score (nSPS) is 10.3. The van der Waals surface area contributed by atoms with Crippen molar-refractivity contribution >= 4 is 17.5 Å². The zero-order chi connectivity index (χ0) is 18.6. The van der Waals surface area contributed by atoms with Gasteiger partial charge in [-0.25, -0.2) is 0 Å². The van der Waals surface area contributed by atoms with Crippen molar-refractivity contribution in [1.82, 2.24) is 10.6 Å². The fourth-order valence-electron chi connectivity index (χ4n) is 2.33. The van der Waals surface area contributed by atoms with Gasteiger partial charge in [0.05, 0.1) is 6.54 Å². The molecule has 0 fully saturated rings. The molecule has 6 nitrogen and oxygen atoms in total. The second-order valence-corrected chi connectivity index (χ2v) is 5.82. The van der Waals surface area contributed by atoms with E-state index in [-0.39, 0.29) is 18.4 Å². The Kier molecular flexibility index (Phi) is 8.32. The van der Waals surface area contributed by atoms with Gasteiger partial charge in [0.15, 0.2) is 0 Å². The Hall–Kier alpha value is -2.70. The SMILES string of the molecule is COCCCNCC(=O)Nc1ccc(C(=O)NCc2ccccc2)cc1. The minimum Gasteiger partial charge on any atom is -0.385 e. The topological polar surface area (TPSA) is 79.5 Å². The Labute approximate surface area is 153 Å². The van der Waals surface area contributed by atoms with Crippen LogP contribution in [0.5, 0.6) is 0 Å². The molecule has 138 valence electrons. The van der Waals surface area contributed by atoms with Gasteiger partial charge in [0.25, 0.3) is 5.91 Å². The molecule has 0 aromatic heterocycles. The molecule has 26 heavy (non-hydrogen) atoms. The smallest absolute Gasteiger partial charge is 0.251 e. The van der Waals surface area contributed by atoms with Gasteiger partial charge in [-0.1, -0.05) is 30.3 Å². The van der Waals surface area contributed by atoms with E-state index in [1.165, 1.54) is 0 Å². The number of benzene rings is 2. The van der Waals surface area contributed by atoms with Crippen LogP contribution in [0, 0.1) is 0 Å². The highest BCUT2D eigenvalue weighted by Gasteiger charge is 2.06. The van der Waals surface area contributed by atoms with Crippen LogP contribution in [0.2, 0.25) is 0 Å². The maximum atomic E-state index is 12.2. The molecule has 0 atom stereocenters.